The zero-order valence-corrected chi connectivity index (χ0v) is 10.5. The lowest BCUT2D eigenvalue weighted by molar-refractivity contribution is -0.385. The molecule has 0 aromatic heterocycles. The van der Waals surface area contributed by atoms with Crippen molar-refractivity contribution in [3.05, 3.63) is 75.3 Å². The SMILES string of the molecule is CCc1ccc([N+](=O)[O-])c(C(=O)c2ccccc2)c1. The summed E-state index contributed by atoms with van der Waals surface area (Å²) in [4.78, 5) is 22.8. The summed E-state index contributed by atoms with van der Waals surface area (Å²) < 4.78 is 0. The number of ketones is 1. The average Bonchev–Trinajstić information content (AvgIpc) is 2.46. The molecule has 0 saturated heterocycles. The number of nitro groups is 1. The molecule has 19 heavy (non-hydrogen) atoms. The van der Waals surface area contributed by atoms with E-state index < -0.39 is 4.92 Å². The maximum Gasteiger partial charge on any atom is 0.280 e. The minimum absolute atomic E-state index is 0.147. The molecular formula is C15H13NO3. The smallest absolute Gasteiger partial charge is 0.280 e. The average molecular weight is 255 g/mol. The van der Waals surface area contributed by atoms with Crippen molar-refractivity contribution in [2.45, 2.75) is 13.3 Å². The van der Waals surface area contributed by atoms with Crippen molar-refractivity contribution in [3.8, 4) is 0 Å². The first kappa shape index (κ1) is 13.0. The number of nitrogens with zero attached hydrogens (tertiary/aromatic N) is 1. The van der Waals surface area contributed by atoms with Crippen LogP contribution in [0.5, 0.6) is 0 Å². The van der Waals surface area contributed by atoms with Gasteiger partial charge in [0.05, 0.1) is 4.92 Å². The van der Waals surface area contributed by atoms with Gasteiger partial charge in [0, 0.05) is 11.6 Å². The second kappa shape index (κ2) is 5.44. The molecule has 2 aromatic carbocycles. The molecule has 0 amide bonds. The number of hydrogen-bond donors (Lipinski definition) is 0. The second-order valence-corrected chi connectivity index (χ2v) is 4.16. The highest BCUT2D eigenvalue weighted by atomic mass is 16.6. The summed E-state index contributed by atoms with van der Waals surface area (Å²) in [6.07, 6.45) is 0.729. The molecule has 0 atom stereocenters. The Morgan fingerprint density at radius 1 is 1.16 bits per heavy atom. The molecule has 4 heteroatoms. The lowest BCUT2D eigenvalue weighted by atomic mass is 9.99. The molecule has 96 valence electrons. The molecule has 0 aliphatic heterocycles. The fourth-order valence-corrected chi connectivity index (χ4v) is 1.89. The van der Waals surface area contributed by atoms with E-state index in [1.54, 1.807) is 42.5 Å². The number of carbonyl (C=O) groups is 1. The van der Waals surface area contributed by atoms with Crippen molar-refractivity contribution in [2.75, 3.05) is 0 Å². The Morgan fingerprint density at radius 3 is 2.42 bits per heavy atom. The third-order valence-corrected chi connectivity index (χ3v) is 2.95. The molecule has 4 nitrogen and oxygen atoms in total. The van der Waals surface area contributed by atoms with Crippen molar-refractivity contribution in [2.24, 2.45) is 0 Å². The first-order chi connectivity index (χ1) is 9.13. The summed E-state index contributed by atoms with van der Waals surface area (Å²) in [5.74, 6) is -0.317. The number of benzene rings is 2. The summed E-state index contributed by atoms with van der Waals surface area (Å²) in [6.45, 7) is 1.94. The van der Waals surface area contributed by atoms with E-state index in [9.17, 15) is 14.9 Å². The summed E-state index contributed by atoms with van der Waals surface area (Å²) in [6, 6.07) is 13.3. The number of nitro benzene ring substituents is 1. The molecule has 0 unspecified atom stereocenters. The largest absolute Gasteiger partial charge is 0.288 e. The van der Waals surface area contributed by atoms with Crippen molar-refractivity contribution >= 4 is 11.5 Å². The van der Waals surface area contributed by atoms with Gasteiger partial charge in [-0.2, -0.15) is 0 Å². The van der Waals surface area contributed by atoms with Gasteiger partial charge in [0.25, 0.3) is 5.69 Å². The Labute approximate surface area is 110 Å². The van der Waals surface area contributed by atoms with Crippen LogP contribution in [-0.4, -0.2) is 10.7 Å². The number of rotatable bonds is 4. The van der Waals surface area contributed by atoms with E-state index in [0.717, 1.165) is 12.0 Å². The Kier molecular flexibility index (Phi) is 3.71. The van der Waals surface area contributed by atoms with Gasteiger partial charge in [0.15, 0.2) is 5.78 Å². The maximum absolute atomic E-state index is 12.3. The lowest BCUT2D eigenvalue weighted by Crippen LogP contribution is -2.06. The predicted molar refractivity (Wildman–Crippen MR) is 72.3 cm³/mol. The van der Waals surface area contributed by atoms with Crippen molar-refractivity contribution in [3.63, 3.8) is 0 Å². The van der Waals surface area contributed by atoms with Crippen LogP contribution < -0.4 is 0 Å². The van der Waals surface area contributed by atoms with Gasteiger partial charge in [0.1, 0.15) is 5.56 Å². The topological polar surface area (TPSA) is 60.2 Å². The fraction of sp³-hybridized carbons (Fsp3) is 0.133. The Hall–Kier alpha value is -2.49. The van der Waals surface area contributed by atoms with Gasteiger partial charge in [0.2, 0.25) is 0 Å². The summed E-state index contributed by atoms with van der Waals surface area (Å²) in [5, 5.41) is 11.0. The first-order valence-electron chi connectivity index (χ1n) is 6.00. The highest BCUT2D eigenvalue weighted by molar-refractivity contribution is 6.11. The van der Waals surface area contributed by atoms with Gasteiger partial charge in [-0.15, -0.1) is 0 Å². The molecule has 0 N–H and O–H groups in total. The third-order valence-electron chi connectivity index (χ3n) is 2.95. The second-order valence-electron chi connectivity index (χ2n) is 4.16. The van der Waals surface area contributed by atoms with Crippen LogP contribution in [0, 0.1) is 10.1 Å². The molecule has 0 bridgehead atoms. The number of hydrogen-bond acceptors (Lipinski definition) is 3. The van der Waals surface area contributed by atoms with Gasteiger partial charge < -0.3 is 0 Å². The van der Waals surface area contributed by atoms with Gasteiger partial charge in [-0.1, -0.05) is 43.3 Å². The quantitative estimate of drug-likeness (QED) is 0.478. The van der Waals surface area contributed by atoms with Crippen LogP contribution in [0.4, 0.5) is 5.69 Å². The zero-order chi connectivity index (χ0) is 13.8. The molecule has 0 heterocycles. The monoisotopic (exact) mass is 255 g/mol. The Bertz CT molecular complexity index is 621. The Morgan fingerprint density at radius 2 is 1.84 bits per heavy atom. The van der Waals surface area contributed by atoms with Crippen LogP contribution in [0.3, 0.4) is 0 Å². The van der Waals surface area contributed by atoms with Crippen molar-refractivity contribution < 1.29 is 9.72 Å². The number of carbonyl (C=O) groups excluding carboxylic acids is 1. The van der Waals surface area contributed by atoms with Crippen LogP contribution >= 0.6 is 0 Å². The molecule has 0 aliphatic rings. The van der Waals surface area contributed by atoms with Crippen LogP contribution in [0.1, 0.15) is 28.4 Å². The van der Waals surface area contributed by atoms with E-state index in [-0.39, 0.29) is 17.0 Å². The predicted octanol–water partition coefficient (Wildman–Crippen LogP) is 3.39. The molecule has 0 fully saturated rings. The van der Waals surface area contributed by atoms with Crippen LogP contribution in [-0.2, 0) is 6.42 Å². The summed E-state index contributed by atoms with van der Waals surface area (Å²) in [5.41, 5.74) is 1.37. The molecular weight excluding hydrogens is 242 g/mol. The van der Waals surface area contributed by atoms with E-state index in [1.165, 1.54) is 6.07 Å². The normalized spacial score (nSPS) is 10.2. The molecule has 0 spiro atoms. The lowest BCUT2D eigenvalue weighted by Gasteiger charge is -2.05. The molecule has 2 aromatic rings. The highest BCUT2D eigenvalue weighted by Gasteiger charge is 2.21. The van der Waals surface area contributed by atoms with Crippen molar-refractivity contribution in [1.82, 2.24) is 0 Å². The van der Waals surface area contributed by atoms with Crippen LogP contribution in [0.25, 0.3) is 0 Å². The molecule has 0 aliphatic carbocycles. The van der Waals surface area contributed by atoms with E-state index >= 15 is 0 Å². The molecule has 0 saturated carbocycles. The van der Waals surface area contributed by atoms with Crippen LogP contribution in [0.2, 0.25) is 0 Å². The maximum atomic E-state index is 12.3. The van der Waals surface area contributed by atoms with Crippen LogP contribution in [0.15, 0.2) is 48.5 Å². The van der Waals surface area contributed by atoms with E-state index in [1.807, 2.05) is 6.92 Å². The van der Waals surface area contributed by atoms with Crippen molar-refractivity contribution in [1.29, 1.82) is 0 Å². The van der Waals surface area contributed by atoms with E-state index in [2.05, 4.69) is 0 Å². The molecule has 0 radical (unpaired) electrons. The first-order valence-corrected chi connectivity index (χ1v) is 6.00. The third kappa shape index (κ3) is 2.68. The van der Waals surface area contributed by atoms with Gasteiger partial charge in [-0.3, -0.25) is 14.9 Å². The summed E-state index contributed by atoms with van der Waals surface area (Å²) in [7, 11) is 0. The highest BCUT2D eigenvalue weighted by Crippen LogP contribution is 2.23. The van der Waals surface area contributed by atoms with Gasteiger partial charge in [-0.05, 0) is 18.1 Å². The van der Waals surface area contributed by atoms with E-state index in [4.69, 9.17) is 0 Å². The summed E-state index contributed by atoms with van der Waals surface area (Å²) >= 11 is 0. The number of aryl methyl sites for hydroxylation is 1. The molecule has 2 rings (SSSR count). The minimum atomic E-state index is -0.518. The Balaban J connectivity index is 2.54. The minimum Gasteiger partial charge on any atom is -0.288 e. The van der Waals surface area contributed by atoms with E-state index in [0.29, 0.717) is 5.56 Å². The standard InChI is InChI=1S/C15H13NO3/c1-2-11-8-9-14(16(18)19)13(10-11)15(17)12-6-4-3-5-7-12/h3-10H,2H2,1H3. The van der Waals surface area contributed by atoms with Gasteiger partial charge in [-0.25, -0.2) is 0 Å². The zero-order valence-electron chi connectivity index (χ0n) is 10.5. The fourth-order valence-electron chi connectivity index (χ4n) is 1.89. The van der Waals surface area contributed by atoms with Gasteiger partial charge >= 0.3 is 0 Å².